The molecule has 0 aliphatic carbocycles. The predicted octanol–water partition coefficient (Wildman–Crippen LogP) is 1.91. The fraction of sp³-hybridized carbons (Fsp3) is 0.583. The van der Waals surface area contributed by atoms with Crippen molar-refractivity contribution >= 4 is 11.3 Å². The second-order valence-corrected chi connectivity index (χ2v) is 5.07. The van der Waals surface area contributed by atoms with Crippen LogP contribution in [-0.2, 0) is 11.2 Å². The topological polar surface area (TPSA) is 36.3 Å². The molecule has 0 N–H and O–H groups in total. The highest BCUT2D eigenvalue weighted by molar-refractivity contribution is 7.07. The van der Waals surface area contributed by atoms with Crippen LogP contribution >= 0.6 is 11.3 Å². The second kappa shape index (κ2) is 4.96. The van der Waals surface area contributed by atoms with Crippen LogP contribution in [0.25, 0.3) is 0 Å². The van der Waals surface area contributed by atoms with Gasteiger partial charge in [-0.1, -0.05) is 0 Å². The molecule has 1 aromatic heterocycles. The van der Waals surface area contributed by atoms with Crippen molar-refractivity contribution in [2.45, 2.75) is 18.9 Å². The zero-order chi connectivity index (χ0) is 11.4. The number of ether oxygens (including phenoxy) is 1. The molecule has 1 saturated heterocycles. The third kappa shape index (κ3) is 2.43. The Labute approximate surface area is 100 Å². The molecule has 3 nitrogen and oxygen atoms in total. The molecule has 0 amide bonds. The molecule has 0 radical (unpaired) electrons. The molecule has 0 spiro atoms. The number of nitriles is 1. The van der Waals surface area contributed by atoms with Crippen LogP contribution in [0.15, 0.2) is 16.8 Å². The molecular formula is C12H16N2OS. The number of thiophene rings is 1. The first-order valence-corrected chi connectivity index (χ1v) is 6.44. The minimum Gasteiger partial charge on any atom is -0.379 e. The van der Waals surface area contributed by atoms with Crippen molar-refractivity contribution in [3.8, 4) is 6.07 Å². The molecule has 86 valence electrons. The summed E-state index contributed by atoms with van der Waals surface area (Å²) in [6.45, 7) is 5.21. The van der Waals surface area contributed by atoms with Crippen LogP contribution in [0.3, 0.4) is 0 Å². The molecule has 1 atom stereocenters. The molecule has 1 fully saturated rings. The van der Waals surface area contributed by atoms with Crippen LogP contribution in [-0.4, -0.2) is 36.7 Å². The summed E-state index contributed by atoms with van der Waals surface area (Å²) in [7, 11) is 0. The molecule has 2 heterocycles. The van der Waals surface area contributed by atoms with Gasteiger partial charge >= 0.3 is 0 Å². The van der Waals surface area contributed by atoms with Crippen molar-refractivity contribution in [1.82, 2.24) is 4.90 Å². The number of nitrogens with zero attached hydrogens (tertiary/aromatic N) is 2. The number of rotatable bonds is 3. The normalized spacial score (nSPS) is 21.2. The SMILES string of the molecule is CC(C#N)(Cc1ccsc1)N1CCOCC1. The lowest BCUT2D eigenvalue weighted by atomic mass is 9.93. The zero-order valence-electron chi connectivity index (χ0n) is 9.48. The van der Waals surface area contributed by atoms with Gasteiger partial charge in [-0.15, -0.1) is 0 Å². The molecule has 2 rings (SSSR count). The molecule has 0 bridgehead atoms. The zero-order valence-corrected chi connectivity index (χ0v) is 10.3. The van der Waals surface area contributed by atoms with Crippen molar-refractivity contribution in [1.29, 1.82) is 5.26 Å². The van der Waals surface area contributed by atoms with Crippen LogP contribution in [0.4, 0.5) is 0 Å². The van der Waals surface area contributed by atoms with Gasteiger partial charge in [-0.3, -0.25) is 4.90 Å². The van der Waals surface area contributed by atoms with Gasteiger partial charge in [0.15, 0.2) is 0 Å². The van der Waals surface area contributed by atoms with Gasteiger partial charge < -0.3 is 4.74 Å². The summed E-state index contributed by atoms with van der Waals surface area (Å²) in [5.74, 6) is 0. The highest BCUT2D eigenvalue weighted by atomic mass is 32.1. The van der Waals surface area contributed by atoms with Crippen molar-refractivity contribution in [2.75, 3.05) is 26.3 Å². The van der Waals surface area contributed by atoms with E-state index in [1.807, 2.05) is 6.92 Å². The Morgan fingerprint density at radius 3 is 2.88 bits per heavy atom. The predicted molar refractivity (Wildman–Crippen MR) is 64.4 cm³/mol. The van der Waals surface area contributed by atoms with Crippen LogP contribution < -0.4 is 0 Å². The van der Waals surface area contributed by atoms with Crippen LogP contribution in [0, 0.1) is 11.3 Å². The van der Waals surface area contributed by atoms with Gasteiger partial charge in [0.1, 0.15) is 5.54 Å². The van der Waals surface area contributed by atoms with Gasteiger partial charge in [0, 0.05) is 19.5 Å². The smallest absolute Gasteiger partial charge is 0.110 e. The lowest BCUT2D eigenvalue weighted by Crippen LogP contribution is -2.52. The van der Waals surface area contributed by atoms with Crippen molar-refractivity contribution in [3.63, 3.8) is 0 Å². The Morgan fingerprint density at radius 1 is 1.56 bits per heavy atom. The molecular weight excluding hydrogens is 220 g/mol. The van der Waals surface area contributed by atoms with Gasteiger partial charge in [-0.2, -0.15) is 16.6 Å². The van der Waals surface area contributed by atoms with Crippen LogP contribution in [0.1, 0.15) is 12.5 Å². The van der Waals surface area contributed by atoms with Gasteiger partial charge in [-0.25, -0.2) is 0 Å². The fourth-order valence-corrected chi connectivity index (χ4v) is 2.74. The third-order valence-corrected chi connectivity index (χ3v) is 3.81. The summed E-state index contributed by atoms with van der Waals surface area (Å²) >= 11 is 1.68. The molecule has 1 aliphatic rings. The lowest BCUT2D eigenvalue weighted by Gasteiger charge is -2.38. The molecule has 1 aliphatic heterocycles. The Hall–Kier alpha value is -0.890. The van der Waals surface area contributed by atoms with Gasteiger partial charge in [0.25, 0.3) is 0 Å². The largest absolute Gasteiger partial charge is 0.379 e. The van der Waals surface area contributed by atoms with Gasteiger partial charge in [0.2, 0.25) is 0 Å². The van der Waals surface area contributed by atoms with Crippen molar-refractivity contribution < 1.29 is 4.74 Å². The van der Waals surface area contributed by atoms with E-state index in [4.69, 9.17) is 4.74 Å². The van der Waals surface area contributed by atoms with E-state index < -0.39 is 5.54 Å². The highest BCUT2D eigenvalue weighted by Gasteiger charge is 2.33. The summed E-state index contributed by atoms with van der Waals surface area (Å²) < 4.78 is 5.33. The average molecular weight is 236 g/mol. The van der Waals surface area contributed by atoms with Gasteiger partial charge in [-0.05, 0) is 29.3 Å². The quantitative estimate of drug-likeness (QED) is 0.804. The number of hydrogen-bond donors (Lipinski definition) is 0. The van der Waals surface area contributed by atoms with E-state index in [1.54, 1.807) is 11.3 Å². The molecule has 1 unspecified atom stereocenters. The van der Waals surface area contributed by atoms with Gasteiger partial charge in [0.05, 0.1) is 19.3 Å². The first-order valence-electron chi connectivity index (χ1n) is 5.50. The van der Waals surface area contributed by atoms with Crippen LogP contribution in [0.2, 0.25) is 0 Å². The summed E-state index contributed by atoms with van der Waals surface area (Å²) in [6, 6.07) is 4.56. The summed E-state index contributed by atoms with van der Waals surface area (Å²) in [5.41, 5.74) is 0.853. The number of morpholine rings is 1. The monoisotopic (exact) mass is 236 g/mol. The Balaban J connectivity index is 2.09. The summed E-state index contributed by atoms with van der Waals surface area (Å²) in [4.78, 5) is 2.23. The van der Waals surface area contributed by atoms with E-state index >= 15 is 0 Å². The Morgan fingerprint density at radius 2 is 2.31 bits per heavy atom. The van der Waals surface area contributed by atoms with E-state index in [9.17, 15) is 5.26 Å². The van der Waals surface area contributed by atoms with E-state index in [0.29, 0.717) is 0 Å². The minimum absolute atomic E-state index is 0.398. The van der Waals surface area contributed by atoms with Crippen molar-refractivity contribution in [2.24, 2.45) is 0 Å². The summed E-state index contributed by atoms with van der Waals surface area (Å²) in [5, 5.41) is 13.6. The molecule has 0 aromatic carbocycles. The van der Waals surface area contributed by atoms with E-state index in [-0.39, 0.29) is 0 Å². The average Bonchev–Trinajstić information content (AvgIpc) is 2.83. The first-order chi connectivity index (χ1) is 7.74. The summed E-state index contributed by atoms with van der Waals surface area (Å²) in [6.07, 6.45) is 0.799. The molecule has 16 heavy (non-hydrogen) atoms. The van der Waals surface area contributed by atoms with Crippen molar-refractivity contribution in [3.05, 3.63) is 22.4 Å². The maximum Gasteiger partial charge on any atom is 0.110 e. The molecule has 4 heteroatoms. The fourth-order valence-electron chi connectivity index (χ4n) is 2.07. The second-order valence-electron chi connectivity index (χ2n) is 4.29. The highest BCUT2D eigenvalue weighted by Crippen LogP contribution is 2.22. The maximum atomic E-state index is 9.41. The Bertz CT molecular complexity index is 365. The van der Waals surface area contributed by atoms with E-state index in [1.165, 1.54) is 5.56 Å². The maximum absolute atomic E-state index is 9.41. The lowest BCUT2D eigenvalue weighted by molar-refractivity contribution is 0.00191. The standard InChI is InChI=1S/C12H16N2OS/c1-12(10-13,8-11-2-7-16-9-11)14-3-5-15-6-4-14/h2,7,9H,3-6,8H2,1H3. The Kier molecular flexibility index (Phi) is 3.59. The van der Waals surface area contributed by atoms with Crippen LogP contribution in [0.5, 0.6) is 0 Å². The van der Waals surface area contributed by atoms with E-state index in [0.717, 1.165) is 32.7 Å². The first kappa shape index (κ1) is 11.6. The minimum atomic E-state index is -0.398. The van der Waals surface area contributed by atoms with E-state index in [2.05, 4.69) is 27.8 Å². The molecule has 0 saturated carbocycles. The molecule has 1 aromatic rings. The number of hydrogen-bond acceptors (Lipinski definition) is 4. The third-order valence-electron chi connectivity index (χ3n) is 3.08.